The highest BCUT2D eigenvalue weighted by atomic mass is 19.1. The van der Waals surface area contributed by atoms with Gasteiger partial charge in [0.2, 0.25) is 5.78 Å². The lowest BCUT2D eigenvalue weighted by Crippen LogP contribution is -2.71. The summed E-state index contributed by atoms with van der Waals surface area (Å²) in [4.78, 5) is 77.1. The number of halogens is 1. The molecule has 0 amide bonds. The van der Waals surface area contributed by atoms with E-state index in [0.717, 1.165) is 0 Å². The zero-order chi connectivity index (χ0) is 34.1. The van der Waals surface area contributed by atoms with Crippen LogP contribution in [0.15, 0.2) is 23.8 Å². The highest BCUT2D eigenvalue weighted by Gasteiger charge is 2.79. The van der Waals surface area contributed by atoms with E-state index in [9.17, 15) is 33.9 Å². The maximum atomic E-state index is 18.6. The molecule has 0 aliphatic heterocycles. The Morgan fingerprint density at radius 3 is 2.35 bits per heavy atom. The normalized spacial score (nSPS) is 36.0. The molecule has 0 aromatic heterocycles. The number of Topliss-reactive ketones (excluding diaryl/α,β-unsaturated/α-hetero) is 1. The van der Waals surface area contributed by atoms with Gasteiger partial charge in [0.05, 0.1) is 0 Å². The highest BCUT2D eigenvalue weighted by molar-refractivity contribution is 6.01. The molecule has 3 fully saturated rings. The molecular formula is C35H47FO10. The smallest absolute Gasteiger partial charge is 0.306 e. The number of alkyl halides is 1. The number of carboxylic acids is 1. The summed E-state index contributed by atoms with van der Waals surface area (Å²) in [6, 6.07) is 0. The molecule has 46 heavy (non-hydrogen) atoms. The number of hydrogen-bond acceptors (Lipinski definition) is 9. The molecule has 0 radical (unpaired) electrons. The fourth-order valence-electron chi connectivity index (χ4n) is 9.27. The van der Waals surface area contributed by atoms with Crippen LogP contribution in [0, 0.1) is 28.6 Å². The number of hydrogen-bond donors (Lipinski definition) is 1. The van der Waals surface area contributed by atoms with Crippen LogP contribution in [-0.4, -0.2) is 64.5 Å². The summed E-state index contributed by atoms with van der Waals surface area (Å²) >= 11 is 0. The van der Waals surface area contributed by atoms with Crippen LogP contribution in [0.4, 0.5) is 4.39 Å². The van der Waals surface area contributed by atoms with Crippen molar-refractivity contribution in [1.82, 2.24) is 0 Å². The average Bonchev–Trinajstić information content (AvgIpc) is 3.24. The number of ether oxygens (including phenoxy) is 3. The molecular weight excluding hydrogens is 599 g/mol. The largest absolute Gasteiger partial charge is 0.481 e. The number of carbonyl (C=O) groups excluding carboxylic acids is 5. The Labute approximate surface area is 269 Å². The first-order valence-electron chi connectivity index (χ1n) is 16.6. The molecule has 11 heteroatoms. The summed E-state index contributed by atoms with van der Waals surface area (Å²) in [6.45, 7) is 7.75. The lowest BCUT2D eigenvalue weighted by Gasteiger charge is -2.64. The molecule has 10 nitrogen and oxygen atoms in total. The Morgan fingerprint density at radius 2 is 1.72 bits per heavy atom. The van der Waals surface area contributed by atoms with E-state index in [0.29, 0.717) is 18.4 Å². The first-order chi connectivity index (χ1) is 21.7. The summed E-state index contributed by atoms with van der Waals surface area (Å²) < 4.78 is 36.1. The Balaban J connectivity index is 1.97. The van der Waals surface area contributed by atoms with Gasteiger partial charge in [0.15, 0.2) is 23.7 Å². The van der Waals surface area contributed by atoms with E-state index in [2.05, 4.69) is 0 Å². The van der Waals surface area contributed by atoms with Gasteiger partial charge in [0, 0.05) is 48.3 Å². The molecule has 3 saturated carbocycles. The molecule has 0 aromatic carbocycles. The van der Waals surface area contributed by atoms with E-state index >= 15 is 4.39 Å². The number of rotatable bonds is 13. The van der Waals surface area contributed by atoms with Crippen molar-refractivity contribution in [2.45, 2.75) is 123 Å². The predicted octanol–water partition coefficient (Wildman–Crippen LogP) is 5.40. The standard InChI is InChI=1S/C35H47FO10/c1-6-10-31(43)45-27-19-33(15-9-11-28(39)40)25(24-13-12-22-18-23(37)14-16-32(22,5)34(24,27)36)17-21(4)35(33,46-30(42)8-3)26(38)20-44-29(41)7-2/h14,16,18,21,24-25,27H,6-13,15,17,19-20H2,1-5H3,(H,39,40)/t21-,24-,25-,27-,32-,33-,34?,35-/m0/s1. The molecule has 4 rings (SSSR count). The van der Waals surface area contributed by atoms with Gasteiger partial charge in [-0.25, -0.2) is 4.39 Å². The first kappa shape index (κ1) is 35.5. The Hall–Kier alpha value is -3.37. The van der Waals surface area contributed by atoms with Crippen LogP contribution in [-0.2, 0) is 43.0 Å². The molecule has 8 atom stereocenters. The highest BCUT2D eigenvalue weighted by Crippen LogP contribution is 2.73. The van der Waals surface area contributed by atoms with E-state index < -0.39 is 82.2 Å². The molecule has 4 aliphatic rings. The third-order valence-electron chi connectivity index (χ3n) is 11.3. The minimum atomic E-state index is -2.19. The van der Waals surface area contributed by atoms with E-state index in [1.165, 1.54) is 12.2 Å². The van der Waals surface area contributed by atoms with E-state index in [4.69, 9.17) is 14.2 Å². The molecule has 0 heterocycles. The second-order valence-corrected chi connectivity index (χ2v) is 13.6. The van der Waals surface area contributed by atoms with E-state index in [1.54, 1.807) is 40.7 Å². The van der Waals surface area contributed by atoms with Crippen LogP contribution < -0.4 is 0 Å². The monoisotopic (exact) mass is 646 g/mol. The quantitative estimate of drug-likeness (QED) is 0.203. The molecule has 254 valence electrons. The van der Waals surface area contributed by atoms with Gasteiger partial charge in [-0.2, -0.15) is 0 Å². The van der Waals surface area contributed by atoms with Crippen LogP contribution in [0.2, 0.25) is 0 Å². The first-order valence-corrected chi connectivity index (χ1v) is 16.6. The average molecular weight is 647 g/mol. The van der Waals surface area contributed by atoms with Crippen molar-refractivity contribution in [3.63, 3.8) is 0 Å². The Morgan fingerprint density at radius 1 is 1.02 bits per heavy atom. The van der Waals surface area contributed by atoms with Crippen LogP contribution in [0.1, 0.15) is 105 Å². The van der Waals surface area contributed by atoms with Gasteiger partial charge in [0.25, 0.3) is 0 Å². The van der Waals surface area contributed by atoms with Gasteiger partial charge in [-0.05, 0) is 69.9 Å². The third kappa shape index (κ3) is 5.61. The van der Waals surface area contributed by atoms with Gasteiger partial charge in [-0.15, -0.1) is 0 Å². The lowest BCUT2D eigenvalue weighted by molar-refractivity contribution is -0.242. The molecule has 4 aliphatic carbocycles. The predicted molar refractivity (Wildman–Crippen MR) is 163 cm³/mol. The van der Waals surface area contributed by atoms with E-state index in [1.807, 2.05) is 0 Å². The zero-order valence-electron chi connectivity index (χ0n) is 27.5. The van der Waals surface area contributed by atoms with Gasteiger partial charge in [-0.3, -0.25) is 28.8 Å². The molecule has 0 aromatic rings. The summed E-state index contributed by atoms with van der Waals surface area (Å²) in [5, 5.41) is 9.59. The van der Waals surface area contributed by atoms with Crippen molar-refractivity contribution in [2.24, 2.45) is 28.6 Å². The molecule has 1 unspecified atom stereocenters. The summed E-state index contributed by atoms with van der Waals surface area (Å²) in [5.74, 6) is -5.94. The minimum absolute atomic E-state index is 0.0172. The number of esters is 3. The van der Waals surface area contributed by atoms with Crippen molar-refractivity contribution in [3.8, 4) is 0 Å². The van der Waals surface area contributed by atoms with Crippen molar-refractivity contribution < 1.29 is 52.5 Å². The lowest BCUT2D eigenvalue weighted by atomic mass is 9.43. The molecule has 0 bridgehead atoms. The number of allylic oxidation sites excluding steroid dienone is 4. The fourth-order valence-corrected chi connectivity index (χ4v) is 9.27. The van der Waals surface area contributed by atoms with Gasteiger partial charge >= 0.3 is 23.9 Å². The van der Waals surface area contributed by atoms with Crippen LogP contribution >= 0.6 is 0 Å². The van der Waals surface area contributed by atoms with Crippen molar-refractivity contribution in [1.29, 1.82) is 0 Å². The van der Waals surface area contributed by atoms with Gasteiger partial charge in [0.1, 0.15) is 6.10 Å². The number of carbonyl (C=O) groups is 6. The minimum Gasteiger partial charge on any atom is -0.481 e. The number of fused-ring (bicyclic) bond motifs is 5. The second kappa shape index (κ2) is 13.4. The zero-order valence-corrected chi connectivity index (χ0v) is 27.5. The summed E-state index contributed by atoms with van der Waals surface area (Å²) in [6.07, 6.45) is 3.98. The van der Waals surface area contributed by atoms with Crippen molar-refractivity contribution >= 4 is 35.4 Å². The number of aliphatic carboxylic acids is 1. The maximum absolute atomic E-state index is 18.6. The molecule has 0 saturated heterocycles. The van der Waals surface area contributed by atoms with Crippen LogP contribution in [0.25, 0.3) is 0 Å². The third-order valence-corrected chi connectivity index (χ3v) is 11.3. The van der Waals surface area contributed by atoms with Gasteiger partial charge < -0.3 is 19.3 Å². The Kier molecular flexibility index (Phi) is 10.3. The fraction of sp³-hybridized carbons (Fsp3) is 0.714. The second-order valence-electron chi connectivity index (χ2n) is 13.6. The molecule has 1 N–H and O–H groups in total. The maximum Gasteiger partial charge on any atom is 0.306 e. The van der Waals surface area contributed by atoms with Crippen molar-refractivity contribution in [3.05, 3.63) is 23.8 Å². The van der Waals surface area contributed by atoms with Crippen molar-refractivity contribution in [2.75, 3.05) is 6.61 Å². The van der Waals surface area contributed by atoms with E-state index in [-0.39, 0.29) is 63.6 Å². The Bertz CT molecular complexity index is 1340. The van der Waals surface area contributed by atoms with Gasteiger partial charge in [-0.1, -0.05) is 39.3 Å². The number of carboxylic acid groups (broad SMARTS) is 1. The number of ketones is 2. The van der Waals surface area contributed by atoms with Crippen LogP contribution in [0.3, 0.4) is 0 Å². The summed E-state index contributed by atoms with van der Waals surface area (Å²) in [7, 11) is 0. The van der Waals surface area contributed by atoms with Crippen LogP contribution in [0.5, 0.6) is 0 Å². The topological polar surface area (TPSA) is 150 Å². The SMILES string of the molecule is CCCC(=O)O[C@H]1C[C@@]2(CCCC(=O)O)[C@@H](C[C@H](C)[C@]2(OC(=O)CC)C(=O)COC(=O)CC)[C@@H]2CCC3=CC(=O)C=C[C@]3(C)C12F. The molecule has 0 spiro atoms. The summed E-state index contributed by atoms with van der Waals surface area (Å²) in [5.41, 5.74) is -6.13.